The topological polar surface area (TPSA) is 64.9 Å². The molecule has 0 aliphatic carbocycles. The molecule has 0 atom stereocenters. The van der Waals surface area contributed by atoms with Crippen LogP contribution in [0.3, 0.4) is 0 Å². The predicted octanol–water partition coefficient (Wildman–Crippen LogP) is 1.11. The average Bonchev–Trinajstić information content (AvgIpc) is 2.10. The molecule has 0 bridgehead atoms. The van der Waals surface area contributed by atoms with Gasteiger partial charge in [-0.1, -0.05) is 29.4 Å². The van der Waals surface area contributed by atoms with Crippen molar-refractivity contribution < 1.29 is 10.4 Å². The van der Waals surface area contributed by atoms with Crippen molar-refractivity contribution in [2.45, 2.75) is 6.92 Å². The number of nitrogens with one attached hydrogen (secondary N) is 1. The molecule has 64 valence electrons. The maximum Gasteiger partial charge on any atom is 0.196 e. The Morgan fingerprint density at radius 2 is 2.08 bits per heavy atom. The van der Waals surface area contributed by atoms with Gasteiger partial charge in [0.1, 0.15) is 0 Å². The number of hydroxylamine groups is 1. The van der Waals surface area contributed by atoms with E-state index in [9.17, 15) is 0 Å². The summed E-state index contributed by atoms with van der Waals surface area (Å²) < 4.78 is 0. The van der Waals surface area contributed by atoms with Crippen molar-refractivity contribution in [1.82, 2.24) is 5.48 Å². The SMILES string of the molecule is Cc1ccccc1C(=NO)NO. The minimum absolute atomic E-state index is 0.0492. The Balaban J connectivity index is 3.10. The molecule has 0 heterocycles. The molecule has 1 aromatic carbocycles. The molecule has 0 radical (unpaired) electrons. The van der Waals surface area contributed by atoms with E-state index < -0.39 is 0 Å². The van der Waals surface area contributed by atoms with Crippen LogP contribution < -0.4 is 5.48 Å². The van der Waals surface area contributed by atoms with E-state index in [1.54, 1.807) is 12.1 Å². The molecule has 0 saturated carbocycles. The number of oxime groups is 1. The molecule has 0 aliphatic heterocycles. The van der Waals surface area contributed by atoms with Crippen molar-refractivity contribution in [2.24, 2.45) is 5.16 Å². The standard InChI is InChI=1S/C8H10N2O2/c1-6-4-2-3-5-7(6)8(9-11)10-12/h2-5,11-12H,1H3,(H,9,10). The zero-order valence-electron chi connectivity index (χ0n) is 6.65. The molecule has 12 heavy (non-hydrogen) atoms. The lowest BCUT2D eigenvalue weighted by Crippen LogP contribution is -2.21. The van der Waals surface area contributed by atoms with Crippen molar-refractivity contribution in [1.29, 1.82) is 0 Å². The van der Waals surface area contributed by atoms with E-state index in [0.29, 0.717) is 5.56 Å². The van der Waals surface area contributed by atoms with Gasteiger partial charge >= 0.3 is 0 Å². The number of hydrogen-bond donors (Lipinski definition) is 3. The molecule has 0 spiro atoms. The van der Waals surface area contributed by atoms with Gasteiger partial charge in [-0.2, -0.15) is 0 Å². The van der Waals surface area contributed by atoms with Gasteiger partial charge in [-0.3, -0.25) is 5.21 Å². The minimum Gasteiger partial charge on any atom is -0.409 e. The number of aryl methyl sites for hydroxylation is 1. The highest BCUT2D eigenvalue weighted by Gasteiger charge is 2.04. The van der Waals surface area contributed by atoms with E-state index in [-0.39, 0.29) is 5.84 Å². The quantitative estimate of drug-likeness (QED) is 0.253. The van der Waals surface area contributed by atoms with Crippen molar-refractivity contribution in [3.05, 3.63) is 35.4 Å². The van der Waals surface area contributed by atoms with Crippen LogP contribution in [0.2, 0.25) is 0 Å². The first-order chi connectivity index (χ1) is 5.79. The summed E-state index contributed by atoms with van der Waals surface area (Å²) in [4.78, 5) is 0. The maximum atomic E-state index is 8.56. The molecule has 0 saturated heterocycles. The number of nitrogens with zero attached hydrogens (tertiary/aromatic N) is 1. The Morgan fingerprint density at radius 3 is 2.58 bits per heavy atom. The number of amidine groups is 1. The van der Waals surface area contributed by atoms with E-state index in [1.807, 2.05) is 24.5 Å². The second-order valence-electron chi connectivity index (χ2n) is 2.38. The first-order valence-electron chi connectivity index (χ1n) is 3.47. The van der Waals surface area contributed by atoms with Crippen LogP contribution in [0.5, 0.6) is 0 Å². The molecule has 0 unspecified atom stereocenters. The average molecular weight is 166 g/mol. The van der Waals surface area contributed by atoms with Crippen molar-refractivity contribution in [3.8, 4) is 0 Å². The summed E-state index contributed by atoms with van der Waals surface area (Å²) in [5.41, 5.74) is 3.40. The van der Waals surface area contributed by atoms with Crippen LogP contribution in [0, 0.1) is 6.92 Å². The first-order valence-corrected chi connectivity index (χ1v) is 3.47. The fraction of sp³-hybridized carbons (Fsp3) is 0.125. The van der Waals surface area contributed by atoms with E-state index in [4.69, 9.17) is 10.4 Å². The second-order valence-corrected chi connectivity index (χ2v) is 2.38. The molecule has 0 amide bonds. The van der Waals surface area contributed by atoms with E-state index >= 15 is 0 Å². The summed E-state index contributed by atoms with van der Waals surface area (Å²) in [6, 6.07) is 7.27. The zero-order chi connectivity index (χ0) is 8.97. The summed E-state index contributed by atoms with van der Waals surface area (Å²) in [5.74, 6) is 0.0492. The van der Waals surface area contributed by atoms with Crippen LogP contribution in [0.4, 0.5) is 0 Å². The zero-order valence-corrected chi connectivity index (χ0v) is 6.65. The van der Waals surface area contributed by atoms with Gasteiger partial charge in [0.05, 0.1) is 0 Å². The molecular formula is C8H10N2O2. The van der Waals surface area contributed by atoms with Crippen molar-refractivity contribution in [2.75, 3.05) is 0 Å². The highest BCUT2D eigenvalue weighted by Crippen LogP contribution is 2.06. The smallest absolute Gasteiger partial charge is 0.196 e. The number of rotatable bonds is 1. The normalized spacial score (nSPS) is 11.3. The molecule has 0 aromatic heterocycles. The largest absolute Gasteiger partial charge is 0.409 e. The van der Waals surface area contributed by atoms with Gasteiger partial charge in [-0.15, -0.1) is 0 Å². The maximum absolute atomic E-state index is 8.56. The third-order valence-corrected chi connectivity index (χ3v) is 1.61. The molecule has 4 heteroatoms. The molecular weight excluding hydrogens is 156 g/mol. The second kappa shape index (κ2) is 3.73. The fourth-order valence-electron chi connectivity index (χ4n) is 0.975. The van der Waals surface area contributed by atoms with Gasteiger partial charge < -0.3 is 5.21 Å². The molecule has 0 fully saturated rings. The fourth-order valence-corrected chi connectivity index (χ4v) is 0.975. The Hall–Kier alpha value is -1.55. The third kappa shape index (κ3) is 1.54. The monoisotopic (exact) mass is 166 g/mol. The van der Waals surface area contributed by atoms with Gasteiger partial charge in [0, 0.05) is 5.56 Å². The van der Waals surface area contributed by atoms with E-state index in [1.165, 1.54) is 0 Å². The highest BCUT2D eigenvalue weighted by atomic mass is 16.5. The van der Waals surface area contributed by atoms with Crippen LogP contribution in [0.1, 0.15) is 11.1 Å². The molecule has 1 aromatic rings. The number of hydrogen-bond acceptors (Lipinski definition) is 3. The highest BCUT2D eigenvalue weighted by molar-refractivity contribution is 5.98. The van der Waals surface area contributed by atoms with Gasteiger partial charge in [-0.25, -0.2) is 5.48 Å². The first kappa shape index (κ1) is 8.55. The van der Waals surface area contributed by atoms with Gasteiger partial charge in [-0.05, 0) is 12.5 Å². The van der Waals surface area contributed by atoms with Gasteiger partial charge in [0.2, 0.25) is 0 Å². The Kier molecular flexibility index (Phi) is 2.66. The summed E-state index contributed by atoms with van der Waals surface area (Å²) in [7, 11) is 0. The summed E-state index contributed by atoms with van der Waals surface area (Å²) in [6.45, 7) is 1.86. The van der Waals surface area contributed by atoms with Crippen LogP contribution >= 0.6 is 0 Å². The summed E-state index contributed by atoms with van der Waals surface area (Å²) in [5, 5.41) is 19.9. The third-order valence-electron chi connectivity index (χ3n) is 1.61. The summed E-state index contributed by atoms with van der Waals surface area (Å²) >= 11 is 0. The molecule has 0 aliphatic rings. The van der Waals surface area contributed by atoms with Gasteiger partial charge in [0.15, 0.2) is 5.84 Å². The molecule has 1 rings (SSSR count). The Morgan fingerprint density at radius 1 is 1.42 bits per heavy atom. The molecule has 3 N–H and O–H groups in total. The lowest BCUT2D eigenvalue weighted by atomic mass is 10.1. The van der Waals surface area contributed by atoms with E-state index in [0.717, 1.165) is 5.56 Å². The van der Waals surface area contributed by atoms with Crippen LogP contribution in [-0.2, 0) is 0 Å². The van der Waals surface area contributed by atoms with Crippen LogP contribution in [-0.4, -0.2) is 16.3 Å². The lowest BCUT2D eigenvalue weighted by molar-refractivity contribution is 0.223. The predicted molar refractivity (Wildman–Crippen MR) is 44.4 cm³/mol. The lowest BCUT2D eigenvalue weighted by Gasteiger charge is -2.04. The van der Waals surface area contributed by atoms with Crippen LogP contribution in [0.15, 0.2) is 29.4 Å². The minimum atomic E-state index is 0.0492. The van der Waals surface area contributed by atoms with Crippen molar-refractivity contribution in [3.63, 3.8) is 0 Å². The van der Waals surface area contributed by atoms with E-state index in [2.05, 4.69) is 5.16 Å². The number of benzene rings is 1. The van der Waals surface area contributed by atoms with Crippen molar-refractivity contribution >= 4 is 5.84 Å². The Labute approximate surface area is 70.1 Å². The van der Waals surface area contributed by atoms with Gasteiger partial charge in [0.25, 0.3) is 0 Å². The summed E-state index contributed by atoms with van der Waals surface area (Å²) in [6.07, 6.45) is 0. The molecule has 4 nitrogen and oxygen atoms in total. The Bertz CT molecular complexity index is 297. The van der Waals surface area contributed by atoms with Crippen LogP contribution in [0.25, 0.3) is 0 Å².